The van der Waals surface area contributed by atoms with E-state index in [-0.39, 0.29) is 5.91 Å². The predicted octanol–water partition coefficient (Wildman–Crippen LogP) is 2.75. The summed E-state index contributed by atoms with van der Waals surface area (Å²) in [5.74, 6) is 0.589. The molecule has 7 heteroatoms. The van der Waals surface area contributed by atoms with Crippen molar-refractivity contribution < 1.29 is 9.59 Å². The summed E-state index contributed by atoms with van der Waals surface area (Å²) in [4.78, 5) is 36.6. The Morgan fingerprint density at radius 2 is 1.86 bits per heavy atom. The third kappa shape index (κ3) is 4.30. The van der Waals surface area contributed by atoms with Crippen LogP contribution in [0.4, 0.5) is 11.6 Å². The SMILES string of the molecule is Cc1cc(C(=O)Nc2c(C)cccc2C(C)C)nc(N2CCN(C=O)CC2)n1. The van der Waals surface area contributed by atoms with E-state index in [9.17, 15) is 9.59 Å². The molecule has 1 saturated heterocycles. The summed E-state index contributed by atoms with van der Waals surface area (Å²) in [7, 11) is 0. The lowest BCUT2D eigenvalue weighted by atomic mass is 9.98. The van der Waals surface area contributed by atoms with E-state index >= 15 is 0 Å². The highest BCUT2D eigenvalue weighted by atomic mass is 16.2. The number of piperazine rings is 1. The van der Waals surface area contributed by atoms with Crippen LogP contribution in [0.2, 0.25) is 0 Å². The van der Waals surface area contributed by atoms with Gasteiger partial charge in [-0.25, -0.2) is 9.97 Å². The first-order valence-corrected chi connectivity index (χ1v) is 9.60. The van der Waals surface area contributed by atoms with E-state index in [0.29, 0.717) is 43.7 Å². The molecule has 1 fully saturated rings. The molecule has 3 rings (SSSR count). The summed E-state index contributed by atoms with van der Waals surface area (Å²) in [5, 5.41) is 3.05. The van der Waals surface area contributed by atoms with Crippen molar-refractivity contribution in [3.63, 3.8) is 0 Å². The zero-order valence-corrected chi connectivity index (χ0v) is 16.9. The number of carbonyl (C=O) groups is 2. The van der Waals surface area contributed by atoms with Crippen LogP contribution in [-0.4, -0.2) is 53.4 Å². The molecular formula is C21H27N5O2. The van der Waals surface area contributed by atoms with Crippen LogP contribution in [0.5, 0.6) is 0 Å². The van der Waals surface area contributed by atoms with Crippen LogP contribution < -0.4 is 10.2 Å². The standard InChI is InChI=1S/C21H27N5O2/c1-14(2)17-7-5-6-15(3)19(17)24-20(28)18-12-16(4)22-21(23-18)26-10-8-25(13-27)9-11-26/h5-7,12-14H,8-11H2,1-4H3,(H,24,28). The first-order valence-electron chi connectivity index (χ1n) is 9.60. The van der Waals surface area contributed by atoms with E-state index in [0.717, 1.165) is 28.9 Å². The normalized spacial score (nSPS) is 14.3. The zero-order valence-electron chi connectivity index (χ0n) is 16.9. The number of anilines is 2. The molecule has 0 bridgehead atoms. The number of hydrogen-bond donors (Lipinski definition) is 1. The lowest BCUT2D eigenvalue weighted by Crippen LogP contribution is -2.46. The minimum absolute atomic E-state index is 0.241. The van der Waals surface area contributed by atoms with Crippen LogP contribution in [0.25, 0.3) is 0 Å². The summed E-state index contributed by atoms with van der Waals surface area (Å²) >= 11 is 0. The van der Waals surface area contributed by atoms with Crippen molar-refractivity contribution in [1.29, 1.82) is 0 Å². The van der Waals surface area contributed by atoms with Gasteiger partial charge in [-0.05, 0) is 37.0 Å². The molecule has 0 radical (unpaired) electrons. The highest BCUT2D eigenvalue weighted by Crippen LogP contribution is 2.28. The van der Waals surface area contributed by atoms with E-state index in [2.05, 4.69) is 29.1 Å². The van der Waals surface area contributed by atoms with Gasteiger partial charge in [-0.2, -0.15) is 0 Å². The third-order valence-corrected chi connectivity index (χ3v) is 4.99. The Hall–Kier alpha value is -2.96. The van der Waals surface area contributed by atoms with Crippen LogP contribution in [-0.2, 0) is 4.79 Å². The summed E-state index contributed by atoms with van der Waals surface area (Å²) in [5.41, 5.74) is 4.06. The molecule has 28 heavy (non-hydrogen) atoms. The molecule has 0 unspecified atom stereocenters. The Kier molecular flexibility index (Phi) is 5.92. The van der Waals surface area contributed by atoms with E-state index in [1.54, 1.807) is 11.0 Å². The number of hydrogen-bond acceptors (Lipinski definition) is 5. The Balaban J connectivity index is 1.84. The lowest BCUT2D eigenvalue weighted by Gasteiger charge is -2.32. The summed E-state index contributed by atoms with van der Waals surface area (Å²) in [6.45, 7) is 10.6. The second-order valence-corrected chi connectivity index (χ2v) is 7.47. The van der Waals surface area contributed by atoms with Crippen molar-refractivity contribution in [3.05, 3.63) is 46.8 Å². The highest BCUT2D eigenvalue weighted by molar-refractivity contribution is 6.04. The maximum atomic E-state index is 13.0. The molecule has 2 aromatic rings. The molecule has 148 valence electrons. The quantitative estimate of drug-likeness (QED) is 0.806. The third-order valence-electron chi connectivity index (χ3n) is 4.99. The number of benzene rings is 1. The number of nitrogens with one attached hydrogen (secondary N) is 1. The Bertz CT molecular complexity index is 873. The van der Waals surface area contributed by atoms with Gasteiger partial charge in [0.1, 0.15) is 5.69 Å². The van der Waals surface area contributed by atoms with E-state index in [1.807, 2.05) is 36.9 Å². The number of nitrogens with zero attached hydrogens (tertiary/aromatic N) is 4. The molecule has 1 aliphatic rings. The van der Waals surface area contributed by atoms with Crippen LogP contribution in [0.15, 0.2) is 24.3 Å². The molecule has 1 N–H and O–H groups in total. The van der Waals surface area contributed by atoms with Gasteiger partial charge in [-0.1, -0.05) is 32.0 Å². The summed E-state index contributed by atoms with van der Waals surface area (Å²) in [6.07, 6.45) is 0.863. The second-order valence-electron chi connectivity index (χ2n) is 7.47. The monoisotopic (exact) mass is 381 g/mol. The van der Waals surface area contributed by atoms with Crippen molar-refractivity contribution in [3.8, 4) is 0 Å². The first-order chi connectivity index (χ1) is 13.4. The van der Waals surface area contributed by atoms with Gasteiger partial charge in [0.2, 0.25) is 12.4 Å². The number of aryl methyl sites for hydroxylation is 2. The predicted molar refractivity (Wildman–Crippen MR) is 110 cm³/mol. The van der Waals surface area contributed by atoms with Crippen molar-refractivity contribution >= 4 is 24.0 Å². The van der Waals surface area contributed by atoms with Crippen LogP contribution in [0.3, 0.4) is 0 Å². The van der Waals surface area contributed by atoms with E-state index in [4.69, 9.17) is 0 Å². The molecule has 7 nitrogen and oxygen atoms in total. The number of carbonyl (C=O) groups excluding carboxylic acids is 2. The topological polar surface area (TPSA) is 78.4 Å². The maximum absolute atomic E-state index is 13.0. The summed E-state index contributed by atoms with van der Waals surface area (Å²) < 4.78 is 0. The average molecular weight is 381 g/mol. The summed E-state index contributed by atoms with van der Waals surface area (Å²) in [6, 6.07) is 7.74. The minimum atomic E-state index is -0.241. The average Bonchev–Trinajstić information content (AvgIpc) is 2.68. The first kappa shape index (κ1) is 19.8. The molecule has 1 aromatic carbocycles. The van der Waals surface area contributed by atoms with Crippen LogP contribution >= 0.6 is 0 Å². The Morgan fingerprint density at radius 3 is 2.50 bits per heavy atom. The smallest absolute Gasteiger partial charge is 0.274 e. The molecular weight excluding hydrogens is 354 g/mol. The highest BCUT2D eigenvalue weighted by Gasteiger charge is 2.21. The molecule has 0 spiro atoms. The fourth-order valence-electron chi connectivity index (χ4n) is 3.36. The number of rotatable bonds is 5. The van der Waals surface area contributed by atoms with Crippen molar-refractivity contribution in [2.75, 3.05) is 36.4 Å². The fourth-order valence-corrected chi connectivity index (χ4v) is 3.36. The van der Waals surface area contributed by atoms with E-state index < -0.39 is 0 Å². The van der Waals surface area contributed by atoms with Crippen LogP contribution in [0.1, 0.15) is 47.1 Å². The molecule has 2 heterocycles. The largest absolute Gasteiger partial charge is 0.342 e. The second kappa shape index (κ2) is 8.37. The molecule has 0 saturated carbocycles. The molecule has 0 aliphatic carbocycles. The van der Waals surface area contributed by atoms with Crippen molar-refractivity contribution in [2.45, 2.75) is 33.6 Å². The molecule has 0 atom stereocenters. The van der Waals surface area contributed by atoms with Gasteiger partial charge in [-0.15, -0.1) is 0 Å². The van der Waals surface area contributed by atoms with Crippen molar-refractivity contribution in [1.82, 2.24) is 14.9 Å². The van der Waals surface area contributed by atoms with Gasteiger partial charge in [-0.3, -0.25) is 9.59 Å². The number of aromatic nitrogens is 2. The minimum Gasteiger partial charge on any atom is -0.342 e. The Morgan fingerprint density at radius 1 is 1.14 bits per heavy atom. The van der Waals surface area contributed by atoms with Gasteiger partial charge in [0.15, 0.2) is 0 Å². The van der Waals surface area contributed by atoms with Gasteiger partial charge < -0.3 is 15.1 Å². The lowest BCUT2D eigenvalue weighted by molar-refractivity contribution is -0.118. The zero-order chi connectivity index (χ0) is 20.3. The number of amides is 2. The van der Waals surface area contributed by atoms with Gasteiger partial charge in [0, 0.05) is 37.6 Å². The molecule has 1 aromatic heterocycles. The van der Waals surface area contributed by atoms with Gasteiger partial charge >= 0.3 is 0 Å². The fraction of sp³-hybridized carbons (Fsp3) is 0.429. The maximum Gasteiger partial charge on any atom is 0.274 e. The van der Waals surface area contributed by atoms with Gasteiger partial charge in [0.05, 0.1) is 0 Å². The van der Waals surface area contributed by atoms with Gasteiger partial charge in [0.25, 0.3) is 5.91 Å². The molecule has 1 aliphatic heterocycles. The molecule has 2 amide bonds. The van der Waals surface area contributed by atoms with E-state index in [1.165, 1.54) is 0 Å². The Labute approximate surface area is 165 Å². The number of para-hydroxylation sites is 1. The van der Waals surface area contributed by atoms with Crippen LogP contribution in [0, 0.1) is 13.8 Å². The van der Waals surface area contributed by atoms with Crippen molar-refractivity contribution in [2.24, 2.45) is 0 Å².